The molecule has 2 aromatic heterocycles. The van der Waals surface area contributed by atoms with Crippen LogP contribution in [0.15, 0.2) is 58.8 Å². The first-order valence-electron chi connectivity index (χ1n) is 14.9. The molecule has 0 aliphatic carbocycles. The van der Waals surface area contributed by atoms with E-state index in [2.05, 4.69) is 23.8 Å². The van der Waals surface area contributed by atoms with Crippen LogP contribution in [0.5, 0.6) is 0 Å². The molecule has 0 N–H and O–H groups in total. The van der Waals surface area contributed by atoms with Crippen molar-refractivity contribution in [1.82, 2.24) is 20.1 Å². The second-order valence-electron chi connectivity index (χ2n) is 10.6. The van der Waals surface area contributed by atoms with E-state index in [4.69, 9.17) is 9.68 Å². The molecule has 0 bridgehead atoms. The summed E-state index contributed by atoms with van der Waals surface area (Å²) in [6, 6.07) is 11.4. The maximum Gasteiger partial charge on any atom is 0.333 e. The van der Waals surface area contributed by atoms with Crippen LogP contribution in [0.1, 0.15) is 78.6 Å². The van der Waals surface area contributed by atoms with Crippen LogP contribution in [-0.4, -0.2) is 66.2 Å². The van der Waals surface area contributed by atoms with Crippen LogP contribution in [-0.2, 0) is 38.4 Å². The first-order chi connectivity index (χ1) is 21.6. The summed E-state index contributed by atoms with van der Waals surface area (Å²) in [4.78, 5) is 87.5. The Labute approximate surface area is 270 Å². The van der Waals surface area contributed by atoms with E-state index in [1.165, 1.54) is 0 Å². The van der Waals surface area contributed by atoms with E-state index in [0.717, 1.165) is 16.5 Å². The third kappa shape index (κ3) is 11.9. The summed E-state index contributed by atoms with van der Waals surface area (Å²) in [5, 5.41) is 3.43. The van der Waals surface area contributed by atoms with Crippen LogP contribution < -0.4 is 0 Å². The van der Waals surface area contributed by atoms with E-state index in [9.17, 15) is 28.8 Å². The van der Waals surface area contributed by atoms with Crippen LogP contribution in [0.4, 0.5) is 0 Å². The van der Waals surface area contributed by atoms with Gasteiger partial charge in [0, 0.05) is 61.4 Å². The minimum atomic E-state index is -0.555. The second kappa shape index (κ2) is 18.3. The molecule has 2 atom stereocenters. The number of hydrogen-bond donors (Lipinski definition) is 0. The van der Waals surface area contributed by atoms with E-state index < -0.39 is 35.6 Å². The first-order valence-corrected chi connectivity index (χ1v) is 16.6. The number of imide groups is 2. The minimum absolute atomic E-state index is 0.107. The van der Waals surface area contributed by atoms with Gasteiger partial charge in [-0.05, 0) is 49.4 Å². The predicted octanol–water partition coefficient (Wildman–Crippen LogP) is 4.93. The molecule has 14 heteroatoms. The van der Waals surface area contributed by atoms with Crippen LogP contribution in [0.25, 0.3) is 0 Å². The van der Waals surface area contributed by atoms with Crippen LogP contribution >= 0.6 is 23.5 Å². The lowest BCUT2D eigenvalue weighted by Crippen LogP contribution is -2.32. The average molecular weight is 659 g/mol. The molecule has 0 spiro atoms. The number of carbonyl (C=O) groups excluding carboxylic acids is 6. The maximum absolute atomic E-state index is 11.9. The van der Waals surface area contributed by atoms with Crippen LogP contribution in [0.2, 0.25) is 0 Å². The summed E-state index contributed by atoms with van der Waals surface area (Å²) in [7, 11) is 0. The smallest absolute Gasteiger partial charge is 0.330 e. The molecule has 12 nitrogen and oxygen atoms in total. The number of aromatic nitrogens is 2. The Bertz CT molecular complexity index is 1300. The first kappa shape index (κ1) is 35.7. The standard InChI is InChI=1S/C16H20N2O4S.C15H18N2O4S/c1-11(2)12(23-13-5-3-4-10-17-13)6-9-16(21)22-18-14(19)7-8-15(18)20;1-2-11(22-12-5-3-4-10-16-12)6-9-15(20)21-17-13(18)7-8-14(17)19/h3-5,10-12H,6-9H2,1-2H3;3-5,10-11H,2,6-9H2,1H3. The number of amides is 4. The summed E-state index contributed by atoms with van der Waals surface area (Å²) in [6.45, 7) is 6.21. The zero-order valence-corrected chi connectivity index (χ0v) is 27.2. The van der Waals surface area contributed by atoms with Gasteiger partial charge in [0.25, 0.3) is 23.6 Å². The summed E-state index contributed by atoms with van der Waals surface area (Å²) in [6.07, 6.45) is 6.30. The molecule has 4 amide bonds. The van der Waals surface area contributed by atoms with Gasteiger partial charge in [0.15, 0.2) is 0 Å². The van der Waals surface area contributed by atoms with Crippen LogP contribution in [0, 0.1) is 5.92 Å². The van der Waals surface area contributed by atoms with Gasteiger partial charge in [-0.1, -0.05) is 32.9 Å². The number of hydrogen-bond acceptors (Lipinski definition) is 12. The molecule has 2 aromatic rings. The Balaban J connectivity index is 0.000000246. The van der Waals surface area contributed by atoms with Gasteiger partial charge in [-0.2, -0.15) is 0 Å². The number of hydroxylamine groups is 4. The number of pyridine rings is 2. The highest BCUT2D eigenvalue weighted by molar-refractivity contribution is 8.00. The zero-order chi connectivity index (χ0) is 32.8. The molecule has 242 valence electrons. The van der Waals surface area contributed by atoms with Gasteiger partial charge in [0.1, 0.15) is 0 Å². The highest BCUT2D eigenvalue weighted by Crippen LogP contribution is 2.30. The van der Waals surface area contributed by atoms with Gasteiger partial charge in [-0.3, -0.25) is 19.2 Å². The lowest BCUT2D eigenvalue weighted by atomic mass is 10.1. The van der Waals surface area contributed by atoms with E-state index in [1.807, 2.05) is 43.3 Å². The van der Waals surface area contributed by atoms with Crippen molar-refractivity contribution in [3.05, 3.63) is 48.8 Å². The molecular formula is C31H38N4O8S2. The fourth-order valence-corrected chi connectivity index (χ4v) is 6.30. The second-order valence-corrected chi connectivity index (χ2v) is 13.1. The lowest BCUT2D eigenvalue weighted by molar-refractivity contribution is -0.197. The van der Waals surface area contributed by atoms with Crippen molar-refractivity contribution in [1.29, 1.82) is 0 Å². The predicted molar refractivity (Wildman–Crippen MR) is 166 cm³/mol. The largest absolute Gasteiger partial charge is 0.333 e. The van der Waals surface area contributed by atoms with Gasteiger partial charge in [0.05, 0.1) is 10.1 Å². The summed E-state index contributed by atoms with van der Waals surface area (Å²) < 4.78 is 0. The number of carbonyl (C=O) groups is 6. The fraction of sp³-hybridized carbons (Fsp3) is 0.484. The van der Waals surface area contributed by atoms with Crippen molar-refractivity contribution in [3.63, 3.8) is 0 Å². The van der Waals surface area contributed by atoms with E-state index >= 15 is 0 Å². The molecule has 4 rings (SSSR count). The fourth-order valence-electron chi connectivity index (χ4n) is 4.18. The van der Waals surface area contributed by atoms with Gasteiger partial charge >= 0.3 is 11.9 Å². The molecule has 2 aliphatic heterocycles. The monoisotopic (exact) mass is 658 g/mol. The van der Waals surface area contributed by atoms with Gasteiger partial charge in [-0.25, -0.2) is 19.6 Å². The van der Waals surface area contributed by atoms with E-state index in [1.54, 1.807) is 35.9 Å². The highest BCUT2D eigenvalue weighted by atomic mass is 32.2. The van der Waals surface area contributed by atoms with Gasteiger partial charge in [-0.15, -0.1) is 33.7 Å². The molecule has 45 heavy (non-hydrogen) atoms. The topological polar surface area (TPSA) is 153 Å². The van der Waals surface area contributed by atoms with Crippen molar-refractivity contribution < 1.29 is 38.4 Å². The molecule has 0 radical (unpaired) electrons. The van der Waals surface area contributed by atoms with E-state index in [0.29, 0.717) is 28.9 Å². The minimum Gasteiger partial charge on any atom is -0.330 e. The average Bonchev–Trinajstić information content (AvgIpc) is 3.52. The quantitative estimate of drug-likeness (QED) is 0.200. The molecule has 2 saturated heterocycles. The molecular weight excluding hydrogens is 620 g/mol. The normalized spacial score (nSPS) is 16.0. The maximum atomic E-state index is 11.9. The van der Waals surface area contributed by atoms with Crippen molar-refractivity contribution >= 4 is 59.1 Å². The Morgan fingerprint density at radius 2 is 1.18 bits per heavy atom. The third-order valence-corrected chi connectivity index (χ3v) is 9.69. The molecule has 4 heterocycles. The summed E-state index contributed by atoms with van der Waals surface area (Å²) >= 11 is 3.22. The zero-order valence-electron chi connectivity index (χ0n) is 25.6. The number of thioether (sulfide) groups is 2. The van der Waals surface area contributed by atoms with Crippen molar-refractivity contribution in [2.24, 2.45) is 5.92 Å². The molecule has 0 saturated carbocycles. The van der Waals surface area contributed by atoms with Crippen molar-refractivity contribution in [2.75, 3.05) is 0 Å². The summed E-state index contributed by atoms with van der Waals surface area (Å²) in [5.41, 5.74) is 0. The lowest BCUT2D eigenvalue weighted by Gasteiger charge is -2.20. The molecule has 2 aliphatic rings. The van der Waals surface area contributed by atoms with E-state index in [-0.39, 0.29) is 49.0 Å². The van der Waals surface area contributed by atoms with Gasteiger partial charge in [0.2, 0.25) is 0 Å². The number of rotatable bonds is 14. The van der Waals surface area contributed by atoms with Crippen molar-refractivity contribution in [2.45, 2.75) is 99.1 Å². The third-order valence-electron chi connectivity index (χ3n) is 6.74. The Morgan fingerprint density at radius 1 is 0.733 bits per heavy atom. The molecule has 2 unspecified atom stereocenters. The Hall–Kier alpha value is -3.78. The van der Waals surface area contributed by atoms with Crippen molar-refractivity contribution in [3.8, 4) is 0 Å². The number of nitrogens with zero attached hydrogens (tertiary/aromatic N) is 4. The van der Waals surface area contributed by atoms with Crippen LogP contribution in [0.3, 0.4) is 0 Å². The Kier molecular flexibility index (Phi) is 14.5. The molecule has 0 aromatic carbocycles. The molecule has 2 fully saturated rings. The SMILES string of the molecule is CC(C)C(CCC(=O)ON1C(=O)CCC1=O)Sc1ccccn1.CCC(CCC(=O)ON1C(=O)CCC1=O)Sc1ccccn1. The Morgan fingerprint density at radius 3 is 1.58 bits per heavy atom. The summed E-state index contributed by atoms with van der Waals surface area (Å²) in [5.74, 6) is -2.56. The van der Waals surface area contributed by atoms with Gasteiger partial charge < -0.3 is 9.68 Å². The highest BCUT2D eigenvalue weighted by Gasteiger charge is 2.34.